The summed E-state index contributed by atoms with van der Waals surface area (Å²) in [6.07, 6.45) is 0.355. The summed E-state index contributed by atoms with van der Waals surface area (Å²) in [5.74, 6) is -0.351. The molecule has 0 saturated heterocycles. The van der Waals surface area contributed by atoms with Crippen molar-refractivity contribution in [2.75, 3.05) is 11.4 Å². The lowest BCUT2D eigenvalue weighted by Gasteiger charge is -2.23. The van der Waals surface area contributed by atoms with Crippen LogP contribution in [0.25, 0.3) is 0 Å². The molecule has 0 aromatic heterocycles. The quantitative estimate of drug-likeness (QED) is 0.609. The van der Waals surface area contributed by atoms with Crippen LogP contribution in [0.2, 0.25) is 5.02 Å². The number of para-hydroxylation sites is 1. The summed E-state index contributed by atoms with van der Waals surface area (Å²) in [7, 11) is 0. The van der Waals surface area contributed by atoms with E-state index in [0.717, 1.165) is 22.4 Å². The molecule has 154 valence electrons. The molecule has 0 bridgehead atoms. The molecule has 1 aliphatic heterocycles. The number of benzene rings is 3. The van der Waals surface area contributed by atoms with E-state index in [4.69, 9.17) is 16.9 Å². The SMILES string of the molecule is N#CCc1ccc(CN2C(=O)CN(C(=O)c3ccc(Cl)cc3)Cc3ccccc32)cc1. The third-order valence-corrected chi connectivity index (χ3v) is 5.55. The van der Waals surface area contributed by atoms with Gasteiger partial charge in [-0.25, -0.2) is 0 Å². The number of fused-ring (bicyclic) bond motifs is 1. The van der Waals surface area contributed by atoms with Crippen molar-refractivity contribution >= 4 is 29.1 Å². The minimum absolute atomic E-state index is 0.0113. The molecule has 2 amide bonds. The Balaban J connectivity index is 1.61. The number of carbonyl (C=O) groups excluding carboxylic acids is 2. The molecule has 5 nitrogen and oxygen atoms in total. The number of nitrogens with zero attached hydrogens (tertiary/aromatic N) is 3. The highest BCUT2D eigenvalue weighted by atomic mass is 35.5. The Morgan fingerprint density at radius 1 is 0.935 bits per heavy atom. The van der Waals surface area contributed by atoms with E-state index in [9.17, 15) is 9.59 Å². The third kappa shape index (κ3) is 4.60. The zero-order valence-electron chi connectivity index (χ0n) is 16.8. The Morgan fingerprint density at radius 3 is 2.32 bits per heavy atom. The summed E-state index contributed by atoms with van der Waals surface area (Å²) in [5, 5.41) is 9.41. The molecule has 0 N–H and O–H groups in total. The number of anilines is 1. The fraction of sp³-hybridized carbons (Fsp3) is 0.160. The van der Waals surface area contributed by atoms with Crippen LogP contribution in [0.5, 0.6) is 0 Å². The molecule has 0 aliphatic carbocycles. The average molecular weight is 430 g/mol. The minimum Gasteiger partial charge on any atom is -0.325 e. The first-order chi connectivity index (χ1) is 15.0. The van der Waals surface area contributed by atoms with Crippen molar-refractivity contribution < 1.29 is 9.59 Å². The number of carbonyl (C=O) groups is 2. The second-order valence-electron chi connectivity index (χ2n) is 7.43. The first kappa shape index (κ1) is 20.6. The molecular formula is C25H20ClN3O2. The second-order valence-corrected chi connectivity index (χ2v) is 7.86. The summed E-state index contributed by atoms with van der Waals surface area (Å²) in [6.45, 7) is 0.731. The van der Waals surface area contributed by atoms with Gasteiger partial charge >= 0.3 is 0 Å². The van der Waals surface area contributed by atoms with Gasteiger partial charge in [0.05, 0.1) is 19.0 Å². The van der Waals surface area contributed by atoms with Crippen LogP contribution in [0, 0.1) is 11.3 Å². The molecule has 1 aliphatic rings. The number of rotatable bonds is 4. The summed E-state index contributed by atoms with van der Waals surface area (Å²) in [4.78, 5) is 29.6. The fourth-order valence-corrected chi connectivity index (χ4v) is 3.81. The van der Waals surface area contributed by atoms with E-state index in [-0.39, 0.29) is 18.4 Å². The van der Waals surface area contributed by atoms with Gasteiger partial charge in [-0.05, 0) is 47.0 Å². The normalized spacial score (nSPS) is 13.4. The van der Waals surface area contributed by atoms with E-state index >= 15 is 0 Å². The van der Waals surface area contributed by atoms with Crippen LogP contribution in [0.1, 0.15) is 27.0 Å². The van der Waals surface area contributed by atoms with E-state index in [0.29, 0.717) is 30.1 Å². The fourth-order valence-electron chi connectivity index (χ4n) is 3.68. The van der Waals surface area contributed by atoms with Gasteiger partial charge in [0, 0.05) is 22.8 Å². The first-order valence-electron chi connectivity index (χ1n) is 9.93. The van der Waals surface area contributed by atoms with Crippen LogP contribution in [0.3, 0.4) is 0 Å². The van der Waals surface area contributed by atoms with Gasteiger partial charge in [-0.3, -0.25) is 9.59 Å². The third-order valence-electron chi connectivity index (χ3n) is 5.30. The van der Waals surface area contributed by atoms with Crippen LogP contribution in [-0.4, -0.2) is 23.3 Å². The number of hydrogen-bond acceptors (Lipinski definition) is 3. The lowest BCUT2D eigenvalue weighted by Crippen LogP contribution is -2.39. The highest BCUT2D eigenvalue weighted by Crippen LogP contribution is 2.28. The van der Waals surface area contributed by atoms with Gasteiger partial charge in [-0.2, -0.15) is 5.26 Å². The smallest absolute Gasteiger partial charge is 0.254 e. The first-order valence-corrected chi connectivity index (χ1v) is 10.3. The lowest BCUT2D eigenvalue weighted by atomic mass is 10.1. The van der Waals surface area contributed by atoms with Crippen molar-refractivity contribution in [3.05, 3.63) is 100 Å². The molecule has 0 spiro atoms. The Hall–Kier alpha value is -3.62. The molecule has 0 fully saturated rings. The maximum absolute atomic E-state index is 13.2. The molecule has 0 radical (unpaired) electrons. The standard InChI is InChI=1S/C25H20ClN3O2/c26-22-11-9-20(10-12-22)25(31)28-16-21-3-1-2-4-23(21)29(24(30)17-28)15-19-7-5-18(6-8-19)13-14-27/h1-12H,13,15-17H2. The zero-order valence-corrected chi connectivity index (χ0v) is 17.5. The topological polar surface area (TPSA) is 64.4 Å². The van der Waals surface area contributed by atoms with Crippen LogP contribution >= 0.6 is 11.6 Å². The minimum atomic E-state index is -0.206. The molecule has 4 rings (SSSR count). The largest absolute Gasteiger partial charge is 0.325 e. The molecule has 6 heteroatoms. The van der Waals surface area contributed by atoms with Gasteiger partial charge in [0.1, 0.15) is 6.54 Å². The van der Waals surface area contributed by atoms with E-state index in [1.54, 1.807) is 34.1 Å². The number of halogens is 1. The summed E-state index contributed by atoms with van der Waals surface area (Å²) >= 11 is 5.94. The monoisotopic (exact) mass is 429 g/mol. The van der Waals surface area contributed by atoms with Crippen molar-refractivity contribution in [3.8, 4) is 6.07 Å². The number of hydrogen-bond donors (Lipinski definition) is 0. The van der Waals surface area contributed by atoms with Gasteiger partial charge < -0.3 is 9.80 Å². The van der Waals surface area contributed by atoms with Crippen molar-refractivity contribution in [1.82, 2.24) is 4.90 Å². The predicted molar refractivity (Wildman–Crippen MR) is 120 cm³/mol. The van der Waals surface area contributed by atoms with Crippen molar-refractivity contribution in [3.63, 3.8) is 0 Å². The van der Waals surface area contributed by atoms with Crippen LogP contribution in [0.15, 0.2) is 72.8 Å². The van der Waals surface area contributed by atoms with Crippen molar-refractivity contribution in [2.45, 2.75) is 19.5 Å². The summed E-state index contributed by atoms with van der Waals surface area (Å²) < 4.78 is 0. The average Bonchev–Trinajstić information content (AvgIpc) is 2.92. The Kier molecular flexibility index (Phi) is 6.01. The van der Waals surface area contributed by atoms with Gasteiger partial charge in [0.15, 0.2) is 0 Å². The van der Waals surface area contributed by atoms with Gasteiger partial charge in [-0.15, -0.1) is 0 Å². The molecular weight excluding hydrogens is 410 g/mol. The molecule has 31 heavy (non-hydrogen) atoms. The van der Waals surface area contributed by atoms with Crippen LogP contribution in [-0.2, 0) is 24.3 Å². The van der Waals surface area contributed by atoms with Crippen LogP contribution < -0.4 is 4.90 Å². The number of amides is 2. The Labute approximate surface area is 186 Å². The maximum Gasteiger partial charge on any atom is 0.254 e. The van der Waals surface area contributed by atoms with E-state index < -0.39 is 0 Å². The zero-order chi connectivity index (χ0) is 21.8. The highest BCUT2D eigenvalue weighted by molar-refractivity contribution is 6.30. The van der Waals surface area contributed by atoms with E-state index in [1.807, 2.05) is 48.5 Å². The Bertz CT molecular complexity index is 1150. The molecule has 3 aromatic carbocycles. The van der Waals surface area contributed by atoms with Gasteiger partial charge in [-0.1, -0.05) is 54.1 Å². The van der Waals surface area contributed by atoms with Crippen molar-refractivity contribution in [1.29, 1.82) is 5.26 Å². The maximum atomic E-state index is 13.2. The van der Waals surface area contributed by atoms with E-state index in [1.165, 1.54) is 0 Å². The van der Waals surface area contributed by atoms with Gasteiger partial charge in [0.25, 0.3) is 5.91 Å². The van der Waals surface area contributed by atoms with E-state index in [2.05, 4.69) is 6.07 Å². The summed E-state index contributed by atoms with van der Waals surface area (Å²) in [5.41, 5.74) is 4.11. The second kappa shape index (κ2) is 9.03. The number of nitriles is 1. The predicted octanol–water partition coefficient (Wildman–Crippen LogP) is 4.60. The lowest BCUT2D eigenvalue weighted by molar-refractivity contribution is -0.119. The van der Waals surface area contributed by atoms with Crippen LogP contribution in [0.4, 0.5) is 5.69 Å². The molecule has 0 saturated carbocycles. The molecule has 1 heterocycles. The van der Waals surface area contributed by atoms with Crippen molar-refractivity contribution in [2.24, 2.45) is 0 Å². The summed E-state index contributed by atoms with van der Waals surface area (Å²) in [6, 6.07) is 24.2. The molecule has 0 unspecified atom stereocenters. The van der Waals surface area contributed by atoms with Gasteiger partial charge in [0.2, 0.25) is 5.91 Å². The highest BCUT2D eigenvalue weighted by Gasteiger charge is 2.29. The molecule has 3 aromatic rings. The molecule has 0 atom stereocenters. The Morgan fingerprint density at radius 2 is 1.61 bits per heavy atom.